The van der Waals surface area contributed by atoms with Crippen molar-refractivity contribution in [1.29, 1.82) is 0 Å². The van der Waals surface area contributed by atoms with Gasteiger partial charge in [0.15, 0.2) is 12.4 Å². The van der Waals surface area contributed by atoms with E-state index in [0.29, 0.717) is 0 Å². The highest BCUT2D eigenvalue weighted by molar-refractivity contribution is 7.48. The molecule has 1 aliphatic carbocycles. The molecule has 54 heavy (non-hydrogen) atoms. The number of amides is 1. The van der Waals surface area contributed by atoms with Crippen LogP contribution in [-0.2, 0) is 61.6 Å². The zero-order valence-corrected chi connectivity index (χ0v) is 30.1. The van der Waals surface area contributed by atoms with Gasteiger partial charge in [-0.1, -0.05) is 116 Å². The predicted molar refractivity (Wildman–Crippen MR) is 194 cm³/mol. The molecule has 3 aliphatic rings. The second kappa shape index (κ2) is 17.1. The van der Waals surface area contributed by atoms with Gasteiger partial charge in [0.05, 0.1) is 26.4 Å². The Bertz CT molecular complexity index is 1920. The number of hydrogen-bond donors (Lipinski definition) is 2. The van der Waals surface area contributed by atoms with Crippen LogP contribution >= 0.6 is 7.82 Å². The summed E-state index contributed by atoms with van der Waals surface area (Å²) in [6.45, 7) is 3.03. The second-order valence-electron chi connectivity index (χ2n) is 12.8. The van der Waals surface area contributed by atoms with Crippen LogP contribution in [0.1, 0.15) is 33.7 Å². The summed E-state index contributed by atoms with van der Waals surface area (Å²) in [5.41, 5.74) is 6.43. The molecule has 0 bridgehead atoms. The molecule has 1 fully saturated rings. The highest BCUT2D eigenvalue weighted by Crippen LogP contribution is 2.55. The van der Waals surface area contributed by atoms with Gasteiger partial charge >= 0.3 is 20.1 Å². The first-order valence-corrected chi connectivity index (χ1v) is 18.9. The first kappa shape index (κ1) is 37.5. The Balaban J connectivity index is 1.13. The third-order valence-corrected chi connectivity index (χ3v) is 10.8. The highest BCUT2D eigenvalue weighted by atomic mass is 31.2. The molecule has 5 atom stereocenters. The van der Waals surface area contributed by atoms with Crippen LogP contribution in [0.25, 0.3) is 11.1 Å². The largest absolute Gasteiger partial charge is 0.509 e. The van der Waals surface area contributed by atoms with Gasteiger partial charge in [-0.05, 0) is 38.9 Å². The molecule has 0 aromatic heterocycles. The van der Waals surface area contributed by atoms with Gasteiger partial charge in [0.2, 0.25) is 0 Å². The lowest BCUT2D eigenvalue weighted by Gasteiger charge is -2.44. The third-order valence-electron chi connectivity index (χ3n) is 9.36. The standard InChI is InChI=1S/C40H40NO12P/c1-2-20-47-40(44)52-37-35(41-39(43)48-24-33-31-18-10-8-16-29(31)30-17-9-11-19-32(30)33)38(42)51-34(25-46-21-26-12-4-3-5-13-26)36(37)53-54(45)49-22-27-14-6-7-15-28(27)23-50-54/h2-19,33-38,42H,1,20-25H2,(H,41,43)/t34?,35?,36-,37+,38?/m0/s1. The molecule has 1 amide bonds. The lowest BCUT2D eigenvalue weighted by Crippen LogP contribution is -2.66. The Labute approximate surface area is 312 Å². The quantitative estimate of drug-likeness (QED) is 0.0889. The summed E-state index contributed by atoms with van der Waals surface area (Å²) in [7, 11) is -4.42. The van der Waals surface area contributed by atoms with Gasteiger partial charge in [-0.25, -0.2) is 14.2 Å². The Morgan fingerprint density at radius 1 is 0.815 bits per heavy atom. The van der Waals surface area contributed by atoms with Gasteiger partial charge in [0.1, 0.15) is 31.5 Å². The number of carbonyl (C=O) groups is 2. The summed E-state index contributed by atoms with van der Waals surface area (Å²) in [4.78, 5) is 26.5. The van der Waals surface area contributed by atoms with Crippen LogP contribution in [0.5, 0.6) is 0 Å². The van der Waals surface area contributed by atoms with Crippen LogP contribution in [0.4, 0.5) is 9.59 Å². The van der Waals surface area contributed by atoms with Crippen molar-refractivity contribution in [3.63, 3.8) is 0 Å². The molecule has 0 spiro atoms. The zero-order chi connectivity index (χ0) is 37.5. The first-order valence-electron chi connectivity index (χ1n) is 17.5. The molecule has 3 unspecified atom stereocenters. The maximum atomic E-state index is 14.2. The average molecular weight is 758 g/mol. The molecule has 2 aliphatic heterocycles. The predicted octanol–water partition coefficient (Wildman–Crippen LogP) is 6.78. The van der Waals surface area contributed by atoms with E-state index in [0.717, 1.165) is 38.9 Å². The number of alkyl carbamates (subject to hydrolysis) is 1. The maximum Gasteiger partial charge on any atom is 0.509 e. The minimum absolute atomic E-state index is 0.0379. The number of ether oxygens (including phenoxy) is 5. The molecule has 282 valence electrons. The van der Waals surface area contributed by atoms with E-state index in [1.807, 2.05) is 103 Å². The number of phosphoric acid groups is 1. The molecule has 1 saturated heterocycles. The molecular formula is C40H40NO12P. The van der Waals surface area contributed by atoms with E-state index in [1.54, 1.807) is 0 Å². The van der Waals surface area contributed by atoms with Gasteiger partial charge in [0, 0.05) is 5.92 Å². The van der Waals surface area contributed by atoms with E-state index < -0.39 is 50.7 Å². The molecule has 4 aromatic rings. The maximum absolute atomic E-state index is 14.2. The SMILES string of the molecule is C=CCOC(=O)O[C@@H]1C(NC(=O)OCC2c3ccccc3-c3ccccc32)C(O)OC(COCc2ccccc2)[C@@H]1OP1(=O)OCc2ccccc2CO1. The summed E-state index contributed by atoms with van der Waals surface area (Å²) < 4.78 is 60.1. The van der Waals surface area contributed by atoms with Crippen LogP contribution in [0.3, 0.4) is 0 Å². The van der Waals surface area contributed by atoms with E-state index in [2.05, 4.69) is 11.9 Å². The van der Waals surface area contributed by atoms with Crippen LogP contribution < -0.4 is 5.32 Å². The number of benzene rings is 4. The van der Waals surface area contributed by atoms with E-state index in [9.17, 15) is 19.3 Å². The minimum atomic E-state index is -4.42. The Hall–Kier alpha value is -4.85. The van der Waals surface area contributed by atoms with Crippen molar-refractivity contribution in [1.82, 2.24) is 5.32 Å². The Morgan fingerprint density at radius 2 is 1.43 bits per heavy atom. The van der Waals surface area contributed by atoms with E-state index in [4.69, 9.17) is 37.3 Å². The number of aliphatic hydroxyl groups excluding tert-OH is 1. The van der Waals surface area contributed by atoms with E-state index in [1.165, 1.54) is 6.08 Å². The summed E-state index contributed by atoms with van der Waals surface area (Å²) in [5.74, 6) is -0.252. The Morgan fingerprint density at radius 3 is 2.07 bits per heavy atom. The number of hydrogen-bond acceptors (Lipinski definition) is 12. The van der Waals surface area contributed by atoms with Crippen molar-refractivity contribution in [2.45, 2.75) is 56.4 Å². The van der Waals surface area contributed by atoms with Gasteiger partial charge in [0.25, 0.3) is 0 Å². The van der Waals surface area contributed by atoms with Crippen LogP contribution in [0.2, 0.25) is 0 Å². The second-order valence-corrected chi connectivity index (χ2v) is 14.4. The van der Waals surface area contributed by atoms with Crippen molar-refractivity contribution in [2.24, 2.45) is 0 Å². The first-order chi connectivity index (χ1) is 26.3. The summed E-state index contributed by atoms with van der Waals surface area (Å²) in [6.07, 6.45) is -6.87. The molecule has 2 N–H and O–H groups in total. The topological polar surface area (TPSA) is 157 Å². The minimum Gasteiger partial charge on any atom is -0.449 e. The van der Waals surface area contributed by atoms with Crippen molar-refractivity contribution in [2.75, 3.05) is 19.8 Å². The molecule has 0 radical (unpaired) electrons. The van der Waals surface area contributed by atoms with Gasteiger partial charge < -0.3 is 34.1 Å². The fourth-order valence-electron chi connectivity index (χ4n) is 6.77. The zero-order valence-electron chi connectivity index (χ0n) is 29.2. The average Bonchev–Trinajstić information content (AvgIpc) is 3.41. The van der Waals surface area contributed by atoms with Crippen LogP contribution in [0.15, 0.2) is 116 Å². The van der Waals surface area contributed by atoms with Crippen molar-refractivity contribution in [3.05, 3.63) is 144 Å². The summed E-state index contributed by atoms with van der Waals surface area (Å²) >= 11 is 0. The van der Waals surface area contributed by atoms with Crippen molar-refractivity contribution >= 4 is 20.1 Å². The number of aliphatic hydroxyl groups is 1. The number of nitrogens with one attached hydrogen (secondary N) is 1. The molecule has 14 heteroatoms. The molecule has 2 heterocycles. The smallest absolute Gasteiger partial charge is 0.449 e. The third kappa shape index (κ3) is 8.59. The summed E-state index contributed by atoms with van der Waals surface area (Å²) in [6, 6.07) is 30.8. The Kier molecular flexibility index (Phi) is 11.9. The number of fused-ring (bicyclic) bond motifs is 4. The fraction of sp³-hybridized carbons (Fsp3) is 0.300. The molecule has 7 rings (SSSR count). The van der Waals surface area contributed by atoms with Crippen molar-refractivity contribution in [3.8, 4) is 11.1 Å². The normalized spacial score (nSPS) is 22.8. The number of phosphoric ester groups is 1. The van der Waals surface area contributed by atoms with Gasteiger partial charge in [-0.3, -0.25) is 13.6 Å². The monoisotopic (exact) mass is 757 g/mol. The van der Waals surface area contributed by atoms with Gasteiger partial charge in [-0.15, -0.1) is 0 Å². The molecule has 4 aromatic carbocycles. The van der Waals surface area contributed by atoms with Gasteiger partial charge in [-0.2, -0.15) is 0 Å². The highest BCUT2D eigenvalue weighted by Gasteiger charge is 2.53. The van der Waals surface area contributed by atoms with E-state index in [-0.39, 0.29) is 45.6 Å². The number of carbonyl (C=O) groups excluding carboxylic acids is 2. The molecule has 0 saturated carbocycles. The van der Waals surface area contributed by atoms with E-state index >= 15 is 0 Å². The van der Waals surface area contributed by atoms with Crippen LogP contribution in [0, 0.1) is 0 Å². The number of rotatable bonds is 12. The van der Waals surface area contributed by atoms with Crippen molar-refractivity contribution < 1.29 is 56.5 Å². The van der Waals surface area contributed by atoms with Crippen LogP contribution in [-0.4, -0.2) is 67.8 Å². The summed E-state index contributed by atoms with van der Waals surface area (Å²) in [5, 5.41) is 14.0. The lowest BCUT2D eigenvalue weighted by atomic mass is 9.97. The lowest BCUT2D eigenvalue weighted by molar-refractivity contribution is -0.255. The molecule has 13 nitrogen and oxygen atoms in total. The fourth-order valence-corrected chi connectivity index (χ4v) is 8.12. The molecular weight excluding hydrogens is 717 g/mol.